The van der Waals surface area contributed by atoms with Crippen molar-refractivity contribution in [3.8, 4) is 17.2 Å². The molecule has 1 aromatic heterocycles. The van der Waals surface area contributed by atoms with Crippen LogP contribution in [0, 0.1) is 5.82 Å². The molecule has 2 N–H and O–H groups in total. The third kappa shape index (κ3) is 3.55. The van der Waals surface area contributed by atoms with Crippen molar-refractivity contribution in [2.75, 3.05) is 6.54 Å². The molecule has 3 aromatic rings. The van der Waals surface area contributed by atoms with Crippen molar-refractivity contribution in [3.05, 3.63) is 60.2 Å². The van der Waals surface area contributed by atoms with Crippen LogP contribution in [0.25, 0.3) is 10.8 Å². The Morgan fingerprint density at radius 2 is 1.92 bits per heavy atom. The molecule has 0 fully saturated rings. The molecule has 0 atom stereocenters. The molecule has 1 amide bonds. The Hall–Kier alpha value is -3.48. The van der Waals surface area contributed by atoms with Crippen LogP contribution in [0.15, 0.2) is 48.7 Å². The standard InChI is InChI=1S/C18H13FN2O4/c19-12-2-5-13(6-3-12)25-14-4-1-11-10-21-16(17(23)15(11)9-14)18(24)20-7-8-22/h1-6,8-10,23H,7H2,(H,20,24). The van der Waals surface area contributed by atoms with Gasteiger partial charge in [0.1, 0.15) is 23.6 Å². The molecular formula is C18H13FN2O4. The van der Waals surface area contributed by atoms with Crippen LogP contribution < -0.4 is 10.1 Å². The number of ether oxygens (including phenoxy) is 1. The number of aromatic hydroxyl groups is 1. The average Bonchev–Trinajstić information content (AvgIpc) is 2.62. The SMILES string of the molecule is O=CCNC(=O)c1ncc2ccc(Oc3ccc(F)cc3)cc2c1O. The number of hydrogen-bond donors (Lipinski definition) is 2. The average molecular weight is 340 g/mol. The van der Waals surface area contributed by atoms with E-state index in [0.29, 0.717) is 28.6 Å². The molecule has 0 unspecified atom stereocenters. The smallest absolute Gasteiger partial charge is 0.274 e. The molecule has 126 valence electrons. The maximum atomic E-state index is 12.9. The second kappa shape index (κ2) is 6.96. The molecule has 0 radical (unpaired) electrons. The van der Waals surface area contributed by atoms with E-state index in [-0.39, 0.29) is 23.8 Å². The summed E-state index contributed by atoms with van der Waals surface area (Å²) in [7, 11) is 0. The van der Waals surface area contributed by atoms with Crippen molar-refractivity contribution in [1.82, 2.24) is 10.3 Å². The molecule has 0 aliphatic heterocycles. The third-order valence-electron chi connectivity index (χ3n) is 3.45. The Kier molecular flexibility index (Phi) is 4.56. The van der Waals surface area contributed by atoms with E-state index in [9.17, 15) is 19.1 Å². The van der Waals surface area contributed by atoms with E-state index in [4.69, 9.17) is 4.74 Å². The van der Waals surface area contributed by atoms with E-state index in [1.165, 1.54) is 30.5 Å². The van der Waals surface area contributed by atoms with Crippen molar-refractivity contribution in [2.45, 2.75) is 0 Å². The van der Waals surface area contributed by atoms with Gasteiger partial charge in [0.25, 0.3) is 5.91 Å². The van der Waals surface area contributed by atoms with E-state index in [1.807, 2.05) is 0 Å². The Morgan fingerprint density at radius 1 is 1.20 bits per heavy atom. The number of carbonyl (C=O) groups excluding carboxylic acids is 2. The minimum Gasteiger partial charge on any atom is -0.505 e. The molecule has 3 rings (SSSR count). The number of halogens is 1. The normalized spacial score (nSPS) is 10.4. The van der Waals surface area contributed by atoms with Crippen LogP contribution in [0.2, 0.25) is 0 Å². The van der Waals surface area contributed by atoms with Gasteiger partial charge in [0, 0.05) is 17.0 Å². The van der Waals surface area contributed by atoms with Gasteiger partial charge in [-0.05, 0) is 42.5 Å². The summed E-state index contributed by atoms with van der Waals surface area (Å²) in [4.78, 5) is 26.2. The number of carbonyl (C=O) groups is 2. The highest BCUT2D eigenvalue weighted by Gasteiger charge is 2.16. The van der Waals surface area contributed by atoms with E-state index in [1.54, 1.807) is 18.2 Å². The number of rotatable bonds is 5. The van der Waals surface area contributed by atoms with Crippen LogP contribution in [-0.4, -0.2) is 28.8 Å². The van der Waals surface area contributed by atoms with Gasteiger partial charge in [-0.2, -0.15) is 0 Å². The Balaban J connectivity index is 1.94. The van der Waals surface area contributed by atoms with Gasteiger partial charge in [-0.3, -0.25) is 4.79 Å². The number of aldehydes is 1. The van der Waals surface area contributed by atoms with Crippen molar-refractivity contribution in [1.29, 1.82) is 0 Å². The van der Waals surface area contributed by atoms with E-state index in [2.05, 4.69) is 10.3 Å². The number of amides is 1. The zero-order chi connectivity index (χ0) is 17.8. The molecule has 0 bridgehead atoms. The molecule has 0 aliphatic carbocycles. The lowest BCUT2D eigenvalue weighted by atomic mass is 10.1. The molecule has 6 nitrogen and oxygen atoms in total. The summed E-state index contributed by atoms with van der Waals surface area (Å²) in [5.41, 5.74) is -0.187. The lowest BCUT2D eigenvalue weighted by molar-refractivity contribution is -0.107. The number of fused-ring (bicyclic) bond motifs is 1. The molecule has 0 saturated carbocycles. The van der Waals surface area contributed by atoms with Gasteiger partial charge in [-0.1, -0.05) is 0 Å². The van der Waals surface area contributed by atoms with Crippen LogP contribution in [0.4, 0.5) is 4.39 Å². The third-order valence-corrected chi connectivity index (χ3v) is 3.45. The lowest BCUT2D eigenvalue weighted by Gasteiger charge is -2.10. The fraction of sp³-hybridized carbons (Fsp3) is 0.0556. The maximum absolute atomic E-state index is 12.9. The molecule has 0 saturated heterocycles. The molecule has 0 spiro atoms. The molecule has 7 heteroatoms. The molecule has 0 aliphatic rings. The minimum absolute atomic E-state index is 0.175. The fourth-order valence-electron chi connectivity index (χ4n) is 2.26. The van der Waals surface area contributed by atoms with Gasteiger partial charge >= 0.3 is 0 Å². The van der Waals surface area contributed by atoms with Crippen molar-refractivity contribution < 1.29 is 23.8 Å². The van der Waals surface area contributed by atoms with Crippen LogP contribution in [0.1, 0.15) is 10.5 Å². The predicted molar refractivity (Wildman–Crippen MR) is 88.3 cm³/mol. The van der Waals surface area contributed by atoms with Crippen LogP contribution in [0.3, 0.4) is 0 Å². The van der Waals surface area contributed by atoms with Gasteiger partial charge < -0.3 is 20.0 Å². The summed E-state index contributed by atoms with van der Waals surface area (Å²) in [6.07, 6.45) is 1.97. The van der Waals surface area contributed by atoms with Gasteiger partial charge in [0.2, 0.25) is 0 Å². The second-order valence-corrected chi connectivity index (χ2v) is 5.14. The number of aromatic nitrogens is 1. The summed E-state index contributed by atoms with van der Waals surface area (Å²) in [6.45, 7) is -0.175. The number of hydrogen-bond acceptors (Lipinski definition) is 5. The number of pyridine rings is 1. The summed E-state index contributed by atoms with van der Waals surface area (Å²) in [5.74, 6) is -0.513. The lowest BCUT2D eigenvalue weighted by Crippen LogP contribution is -2.26. The molecule has 25 heavy (non-hydrogen) atoms. The highest BCUT2D eigenvalue weighted by Crippen LogP contribution is 2.32. The van der Waals surface area contributed by atoms with Crippen molar-refractivity contribution >= 4 is 23.0 Å². The Bertz CT molecular complexity index is 942. The largest absolute Gasteiger partial charge is 0.505 e. The fourth-order valence-corrected chi connectivity index (χ4v) is 2.26. The van der Waals surface area contributed by atoms with Crippen LogP contribution in [-0.2, 0) is 4.79 Å². The highest BCUT2D eigenvalue weighted by molar-refractivity contribution is 6.02. The maximum Gasteiger partial charge on any atom is 0.274 e. The minimum atomic E-state index is -0.656. The predicted octanol–water partition coefficient (Wildman–Crippen LogP) is 2.80. The van der Waals surface area contributed by atoms with Gasteiger partial charge in [0.15, 0.2) is 11.4 Å². The zero-order valence-electron chi connectivity index (χ0n) is 12.9. The van der Waals surface area contributed by atoms with Crippen molar-refractivity contribution in [3.63, 3.8) is 0 Å². The van der Waals surface area contributed by atoms with Crippen molar-refractivity contribution in [2.24, 2.45) is 0 Å². The van der Waals surface area contributed by atoms with E-state index < -0.39 is 5.91 Å². The highest BCUT2D eigenvalue weighted by atomic mass is 19.1. The van der Waals surface area contributed by atoms with Gasteiger partial charge in [-0.25, -0.2) is 9.37 Å². The quantitative estimate of drug-likeness (QED) is 0.697. The van der Waals surface area contributed by atoms with Gasteiger partial charge in [0.05, 0.1) is 6.54 Å². The Labute approximate surface area is 141 Å². The molecule has 2 aromatic carbocycles. The van der Waals surface area contributed by atoms with E-state index in [0.717, 1.165) is 0 Å². The van der Waals surface area contributed by atoms with Gasteiger partial charge in [-0.15, -0.1) is 0 Å². The summed E-state index contributed by atoms with van der Waals surface area (Å²) in [5, 5.41) is 13.6. The van der Waals surface area contributed by atoms with Crippen LogP contribution >= 0.6 is 0 Å². The topological polar surface area (TPSA) is 88.5 Å². The summed E-state index contributed by atoms with van der Waals surface area (Å²) in [6, 6.07) is 10.4. The first kappa shape index (κ1) is 16.4. The Morgan fingerprint density at radius 3 is 2.64 bits per heavy atom. The zero-order valence-corrected chi connectivity index (χ0v) is 12.9. The van der Waals surface area contributed by atoms with E-state index >= 15 is 0 Å². The first-order valence-electron chi connectivity index (χ1n) is 7.35. The first-order chi connectivity index (χ1) is 12.1. The molecular weight excluding hydrogens is 327 g/mol. The summed E-state index contributed by atoms with van der Waals surface area (Å²) >= 11 is 0. The van der Waals surface area contributed by atoms with Crippen LogP contribution in [0.5, 0.6) is 17.2 Å². The first-order valence-corrected chi connectivity index (χ1v) is 7.35. The number of nitrogens with zero attached hydrogens (tertiary/aromatic N) is 1. The summed E-state index contributed by atoms with van der Waals surface area (Å²) < 4.78 is 18.6. The molecule has 1 heterocycles. The monoisotopic (exact) mass is 340 g/mol. The number of benzene rings is 2. The second-order valence-electron chi connectivity index (χ2n) is 5.14. The number of nitrogens with one attached hydrogen (secondary N) is 1.